The highest BCUT2D eigenvalue weighted by atomic mass is 16.5. The fraction of sp³-hybridized carbons (Fsp3) is 0.583. The Bertz CT molecular complexity index is 399. The van der Waals surface area contributed by atoms with E-state index in [1.54, 1.807) is 0 Å². The summed E-state index contributed by atoms with van der Waals surface area (Å²) in [7, 11) is 2.17. The molecule has 3 nitrogen and oxygen atoms in total. The molecular weight excluding hydrogens is 188 g/mol. The van der Waals surface area contributed by atoms with Gasteiger partial charge in [0.15, 0.2) is 0 Å². The highest BCUT2D eigenvalue weighted by molar-refractivity contribution is 5.35. The third-order valence-corrected chi connectivity index (χ3v) is 3.38. The van der Waals surface area contributed by atoms with E-state index in [1.165, 1.54) is 16.8 Å². The second-order valence-corrected chi connectivity index (χ2v) is 4.97. The van der Waals surface area contributed by atoms with Gasteiger partial charge in [0.2, 0.25) is 0 Å². The van der Waals surface area contributed by atoms with Crippen molar-refractivity contribution in [3.63, 3.8) is 0 Å². The highest BCUT2D eigenvalue weighted by Crippen LogP contribution is 2.37. The topological polar surface area (TPSA) is 25.4 Å². The molecule has 80 valence electrons. The summed E-state index contributed by atoms with van der Waals surface area (Å²) in [5, 5.41) is 0. The molecule has 1 saturated heterocycles. The summed E-state index contributed by atoms with van der Waals surface area (Å²) in [6, 6.07) is 2.26. The van der Waals surface area contributed by atoms with Crippen LogP contribution in [0.1, 0.15) is 16.8 Å². The molecule has 1 fully saturated rings. The van der Waals surface area contributed by atoms with E-state index < -0.39 is 0 Å². The van der Waals surface area contributed by atoms with Crippen LogP contribution in [0.25, 0.3) is 0 Å². The summed E-state index contributed by atoms with van der Waals surface area (Å²) in [6.45, 7) is 5.87. The molecule has 0 saturated carbocycles. The quantitative estimate of drug-likeness (QED) is 0.633. The number of hydrogen-bond donors (Lipinski definition) is 0. The molecule has 0 amide bonds. The number of fused-ring (bicyclic) bond motifs is 2. The molecule has 1 spiro atoms. The van der Waals surface area contributed by atoms with Crippen molar-refractivity contribution in [2.24, 2.45) is 0 Å². The molecule has 2 aliphatic rings. The minimum absolute atomic E-state index is 0.191. The normalized spacial score (nSPS) is 23.6. The monoisotopic (exact) mass is 204 g/mol. The number of rotatable bonds is 0. The van der Waals surface area contributed by atoms with Crippen LogP contribution in [0.5, 0.6) is 0 Å². The molecule has 0 unspecified atom stereocenters. The second kappa shape index (κ2) is 3.03. The summed E-state index contributed by atoms with van der Waals surface area (Å²) in [4.78, 5) is 6.99. The molecule has 3 rings (SSSR count). The second-order valence-electron chi connectivity index (χ2n) is 4.97. The molecule has 15 heavy (non-hydrogen) atoms. The van der Waals surface area contributed by atoms with Crippen LogP contribution in [0.2, 0.25) is 0 Å². The zero-order valence-electron chi connectivity index (χ0n) is 9.29. The number of nitrogens with zero attached hydrogens (tertiary/aromatic N) is 2. The maximum Gasteiger partial charge on any atom is 0.0722 e. The molecule has 0 bridgehead atoms. The summed E-state index contributed by atoms with van der Waals surface area (Å²) >= 11 is 0. The Morgan fingerprint density at radius 1 is 1.47 bits per heavy atom. The molecule has 1 aromatic rings. The number of aryl methyl sites for hydroxylation is 1. The number of pyridine rings is 1. The van der Waals surface area contributed by atoms with Crippen molar-refractivity contribution in [3.8, 4) is 0 Å². The van der Waals surface area contributed by atoms with Gasteiger partial charge in [0.25, 0.3) is 0 Å². The summed E-state index contributed by atoms with van der Waals surface area (Å²) < 4.78 is 5.38. The van der Waals surface area contributed by atoms with E-state index in [0.717, 1.165) is 26.3 Å². The minimum Gasteiger partial charge on any atom is -0.379 e. The van der Waals surface area contributed by atoms with Crippen molar-refractivity contribution >= 4 is 0 Å². The lowest BCUT2D eigenvalue weighted by atomic mass is 9.77. The largest absolute Gasteiger partial charge is 0.379 e. The Hall–Kier alpha value is -0.930. The van der Waals surface area contributed by atoms with Gasteiger partial charge in [-0.15, -0.1) is 0 Å². The number of hydrogen-bond acceptors (Lipinski definition) is 3. The lowest BCUT2D eigenvalue weighted by Gasteiger charge is -2.47. The average Bonchev–Trinajstić information content (AvgIpc) is 2.13. The zero-order chi connectivity index (χ0) is 10.5. The van der Waals surface area contributed by atoms with Gasteiger partial charge in [-0.2, -0.15) is 0 Å². The Morgan fingerprint density at radius 2 is 2.27 bits per heavy atom. The maximum atomic E-state index is 5.38. The van der Waals surface area contributed by atoms with Crippen LogP contribution in [-0.2, 0) is 16.7 Å². The van der Waals surface area contributed by atoms with Crippen LogP contribution >= 0.6 is 0 Å². The van der Waals surface area contributed by atoms with Crippen LogP contribution in [0.15, 0.2) is 12.3 Å². The third-order valence-electron chi connectivity index (χ3n) is 3.38. The first-order valence-corrected chi connectivity index (χ1v) is 5.42. The van der Waals surface area contributed by atoms with Gasteiger partial charge in [-0.3, -0.25) is 4.98 Å². The first kappa shape index (κ1) is 9.31. The Labute approximate surface area is 90.1 Å². The van der Waals surface area contributed by atoms with E-state index in [1.807, 2.05) is 6.20 Å². The van der Waals surface area contributed by atoms with Gasteiger partial charge in [-0.05, 0) is 25.1 Å². The third kappa shape index (κ3) is 1.30. The van der Waals surface area contributed by atoms with Crippen LogP contribution in [-0.4, -0.2) is 36.7 Å². The van der Waals surface area contributed by atoms with Crippen LogP contribution in [0.4, 0.5) is 0 Å². The standard InChI is InChI=1S/C12H16N2O/c1-9-3-10-5-14(2)6-12(7-15-8-12)11(10)13-4-9/h3-4H,5-8H2,1-2H3. The Kier molecular flexibility index (Phi) is 1.88. The first-order chi connectivity index (χ1) is 7.20. The van der Waals surface area contributed by atoms with Crippen molar-refractivity contribution in [2.45, 2.75) is 18.9 Å². The molecule has 0 radical (unpaired) electrons. The van der Waals surface area contributed by atoms with Gasteiger partial charge in [-0.25, -0.2) is 0 Å². The van der Waals surface area contributed by atoms with Gasteiger partial charge in [0, 0.05) is 19.3 Å². The molecule has 3 heteroatoms. The van der Waals surface area contributed by atoms with Crippen molar-refractivity contribution in [1.82, 2.24) is 9.88 Å². The molecule has 0 N–H and O–H groups in total. The smallest absolute Gasteiger partial charge is 0.0722 e. The van der Waals surface area contributed by atoms with Gasteiger partial charge < -0.3 is 9.64 Å². The lowest BCUT2D eigenvalue weighted by Crippen LogP contribution is -2.57. The lowest BCUT2D eigenvalue weighted by molar-refractivity contribution is -0.0812. The molecule has 0 aliphatic carbocycles. The minimum atomic E-state index is 0.191. The SMILES string of the molecule is Cc1cnc2c(c1)CN(C)CC21COC1. The highest BCUT2D eigenvalue weighted by Gasteiger charge is 2.46. The summed E-state index contributed by atoms with van der Waals surface area (Å²) in [5.74, 6) is 0. The van der Waals surface area contributed by atoms with E-state index in [4.69, 9.17) is 4.74 Å². The number of ether oxygens (including phenoxy) is 1. The first-order valence-electron chi connectivity index (χ1n) is 5.42. The predicted octanol–water partition coefficient (Wildman–Crippen LogP) is 1.10. The van der Waals surface area contributed by atoms with E-state index >= 15 is 0 Å². The Morgan fingerprint density at radius 3 is 2.93 bits per heavy atom. The van der Waals surface area contributed by atoms with E-state index in [9.17, 15) is 0 Å². The average molecular weight is 204 g/mol. The maximum absolute atomic E-state index is 5.38. The van der Waals surface area contributed by atoms with Crippen molar-refractivity contribution in [3.05, 3.63) is 29.1 Å². The molecule has 2 aliphatic heterocycles. The van der Waals surface area contributed by atoms with Gasteiger partial charge in [0.05, 0.1) is 24.3 Å². The molecule has 0 atom stereocenters. The summed E-state index contributed by atoms with van der Waals surface area (Å²) in [5.41, 5.74) is 4.10. The molecule has 1 aromatic heterocycles. The van der Waals surface area contributed by atoms with Gasteiger partial charge in [-0.1, -0.05) is 6.07 Å². The van der Waals surface area contributed by atoms with Crippen molar-refractivity contribution < 1.29 is 4.74 Å². The van der Waals surface area contributed by atoms with E-state index in [-0.39, 0.29) is 5.41 Å². The Balaban J connectivity index is 2.10. The van der Waals surface area contributed by atoms with Crippen LogP contribution in [0, 0.1) is 6.92 Å². The number of likely N-dealkylation sites (N-methyl/N-ethyl adjacent to an activating group) is 1. The van der Waals surface area contributed by atoms with Crippen molar-refractivity contribution in [1.29, 1.82) is 0 Å². The van der Waals surface area contributed by atoms with Crippen LogP contribution < -0.4 is 0 Å². The summed E-state index contributed by atoms with van der Waals surface area (Å²) in [6.07, 6.45) is 1.98. The molecule has 0 aromatic carbocycles. The molecule has 3 heterocycles. The zero-order valence-corrected chi connectivity index (χ0v) is 9.29. The predicted molar refractivity (Wildman–Crippen MR) is 57.8 cm³/mol. The van der Waals surface area contributed by atoms with E-state index in [0.29, 0.717) is 0 Å². The molecular formula is C12H16N2O. The fourth-order valence-corrected chi connectivity index (χ4v) is 2.74. The number of aromatic nitrogens is 1. The van der Waals surface area contributed by atoms with Crippen molar-refractivity contribution in [2.75, 3.05) is 26.8 Å². The van der Waals surface area contributed by atoms with E-state index in [2.05, 4.69) is 29.9 Å². The fourth-order valence-electron chi connectivity index (χ4n) is 2.74. The van der Waals surface area contributed by atoms with Crippen LogP contribution in [0.3, 0.4) is 0 Å². The van der Waals surface area contributed by atoms with Gasteiger partial charge in [0.1, 0.15) is 0 Å². The van der Waals surface area contributed by atoms with Gasteiger partial charge >= 0.3 is 0 Å².